The van der Waals surface area contributed by atoms with Crippen molar-refractivity contribution in [3.8, 4) is 5.75 Å². The van der Waals surface area contributed by atoms with Crippen molar-refractivity contribution in [2.75, 3.05) is 5.73 Å². The zero-order chi connectivity index (χ0) is 13.8. The Labute approximate surface area is 160 Å². The van der Waals surface area contributed by atoms with Gasteiger partial charge in [-0.2, -0.15) is 0 Å². The van der Waals surface area contributed by atoms with E-state index in [9.17, 15) is 4.79 Å². The number of carbonyl (C=O) groups excluding carboxylic acids is 1. The minimum Gasteiger partial charge on any atom is -1.00 e. The molecular formula is C14H13CaCl2NO2. The molecule has 0 heterocycles. The van der Waals surface area contributed by atoms with Crippen molar-refractivity contribution in [1.82, 2.24) is 0 Å². The number of carbonyl (C=O) groups is 1. The van der Waals surface area contributed by atoms with Crippen molar-refractivity contribution in [3.63, 3.8) is 0 Å². The minimum absolute atomic E-state index is 0. The summed E-state index contributed by atoms with van der Waals surface area (Å²) >= 11 is 12.0. The fourth-order valence-corrected chi connectivity index (χ4v) is 2.08. The molecular weight excluding hydrogens is 325 g/mol. The Morgan fingerprint density at radius 1 is 1.10 bits per heavy atom. The van der Waals surface area contributed by atoms with Crippen molar-refractivity contribution in [3.05, 3.63) is 58.1 Å². The Morgan fingerprint density at radius 2 is 1.65 bits per heavy atom. The number of anilines is 1. The van der Waals surface area contributed by atoms with Gasteiger partial charge in [0.25, 0.3) is 0 Å². The van der Waals surface area contributed by atoms with E-state index in [0.29, 0.717) is 27.0 Å². The van der Waals surface area contributed by atoms with Gasteiger partial charge in [0.05, 0.1) is 6.42 Å². The van der Waals surface area contributed by atoms with Crippen molar-refractivity contribution < 1.29 is 12.4 Å². The summed E-state index contributed by atoms with van der Waals surface area (Å²) in [6, 6.07) is 11.6. The average molecular weight is 338 g/mol. The molecule has 3 nitrogen and oxygen atoms in total. The number of benzene rings is 2. The molecule has 0 aliphatic carbocycles. The Balaban J connectivity index is 0. The molecule has 6 heteroatoms. The Bertz CT molecular complexity index is 592. The van der Waals surface area contributed by atoms with Gasteiger partial charge in [0, 0.05) is 21.3 Å². The van der Waals surface area contributed by atoms with Crippen LogP contribution in [0.1, 0.15) is 8.42 Å². The maximum absolute atomic E-state index is 11.8. The fraction of sp³-hybridized carbons (Fsp3) is 0.0714. The fourth-order valence-electron chi connectivity index (χ4n) is 1.55. The summed E-state index contributed by atoms with van der Waals surface area (Å²) in [5.41, 5.74) is 6.71. The van der Waals surface area contributed by atoms with Gasteiger partial charge >= 0.3 is 43.7 Å². The molecule has 2 N–H and O–H groups in total. The second kappa shape index (κ2) is 8.11. The van der Waals surface area contributed by atoms with Crippen LogP contribution in [0.4, 0.5) is 5.69 Å². The number of rotatable bonds is 3. The summed E-state index contributed by atoms with van der Waals surface area (Å²) < 4.78 is 5.17. The second-order valence-electron chi connectivity index (χ2n) is 3.92. The van der Waals surface area contributed by atoms with E-state index < -0.39 is 5.97 Å². The van der Waals surface area contributed by atoms with Crippen LogP contribution in [0, 0.1) is 0 Å². The first-order valence-electron chi connectivity index (χ1n) is 5.55. The van der Waals surface area contributed by atoms with E-state index in [4.69, 9.17) is 33.7 Å². The first-order valence-corrected chi connectivity index (χ1v) is 6.31. The van der Waals surface area contributed by atoms with E-state index in [0.717, 1.165) is 0 Å². The van der Waals surface area contributed by atoms with E-state index in [1.807, 2.05) is 0 Å². The first-order chi connectivity index (χ1) is 9.06. The molecule has 20 heavy (non-hydrogen) atoms. The second-order valence-corrected chi connectivity index (χ2v) is 4.73. The van der Waals surface area contributed by atoms with Crippen LogP contribution in [0.5, 0.6) is 5.75 Å². The number of hydrogen-bond donors (Lipinski definition) is 1. The van der Waals surface area contributed by atoms with E-state index in [1.165, 1.54) is 0 Å². The van der Waals surface area contributed by atoms with Crippen molar-refractivity contribution in [1.29, 1.82) is 0 Å². The van der Waals surface area contributed by atoms with Crippen LogP contribution >= 0.6 is 23.2 Å². The standard InChI is InChI=1S/C14H11Cl2NO2.Ca.2H/c15-12-2-1-3-13(16)11(12)8-14(18)19-10-6-4-9(17)5-7-10;;;/h1-7H,8,17H2;;;/q;+2;2*-1. The van der Waals surface area contributed by atoms with Crippen LogP contribution in [-0.2, 0) is 11.2 Å². The quantitative estimate of drug-likeness (QED) is 0.403. The zero-order valence-corrected chi connectivity index (χ0v) is 14.3. The number of ether oxygens (including phenoxy) is 1. The number of halogens is 2. The zero-order valence-electron chi connectivity index (χ0n) is 12.6. The average Bonchev–Trinajstić information content (AvgIpc) is 2.37. The molecule has 0 aromatic heterocycles. The molecule has 102 valence electrons. The van der Waals surface area contributed by atoms with E-state index in [2.05, 4.69) is 0 Å². The van der Waals surface area contributed by atoms with Crippen LogP contribution in [0.15, 0.2) is 42.5 Å². The minimum atomic E-state index is -0.431. The molecule has 0 spiro atoms. The van der Waals surface area contributed by atoms with Crippen molar-refractivity contribution in [2.24, 2.45) is 0 Å². The van der Waals surface area contributed by atoms with Gasteiger partial charge in [0.1, 0.15) is 5.75 Å². The van der Waals surface area contributed by atoms with Gasteiger partial charge in [0.15, 0.2) is 0 Å². The molecule has 0 radical (unpaired) electrons. The molecule has 2 aromatic carbocycles. The first kappa shape index (κ1) is 17.6. The molecule has 0 aliphatic heterocycles. The Hall–Kier alpha value is -0.450. The van der Waals surface area contributed by atoms with Crippen LogP contribution in [-0.4, -0.2) is 43.7 Å². The van der Waals surface area contributed by atoms with E-state index in [1.54, 1.807) is 42.5 Å². The molecule has 0 atom stereocenters. The smallest absolute Gasteiger partial charge is 1.00 e. The molecule has 0 unspecified atom stereocenters. The molecule has 0 amide bonds. The van der Waals surface area contributed by atoms with Crippen LogP contribution in [0.2, 0.25) is 10.0 Å². The predicted octanol–water partition coefficient (Wildman–Crippen LogP) is 3.57. The number of hydrogen-bond acceptors (Lipinski definition) is 3. The number of nitrogen functional groups attached to an aromatic ring is 1. The van der Waals surface area contributed by atoms with Gasteiger partial charge in [-0.05, 0) is 36.4 Å². The molecule has 2 rings (SSSR count). The maximum atomic E-state index is 11.8. The summed E-state index contributed by atoms with van der Waals surface area (Å²) in [6.07, 6.45) is 0.0167. The largest absolute Gasteiger partial charge is 2.00 e. The van der Waals surface area contributed by atoms with Gasteiger partial charge < -0.3 is 13.3 Å². The summed E-state index contributed by atoms with van der Waals surface area (Å²) in [4.78, 5) is 11.8. The molecule has 2 aromatic rings. The number of nitrogens with two attached hydrogens (primary N) is 1. The Morgan fingerprint density at radius 3 is 2.20 bits per heavy atom. The summed E-state index contributed by atoms with van der Waals surface area (Å²) in [5, 5.41) is 0.892. The van der Waals surface area contributed by atoms with E-state index >= 15 is 0 Å². The molecule has 0 aliphatic rings. The van der Waals surface area contributed by atoms with Crippen molar-refractivity contribution in [2.45, 2.75) is 6.42 Å². The van der Waals surface area contributed by atoms with Crippen LogP contribution < -0.4 is 10.5 Å². The van der Waals surface area contributed by atoms with E-state index in [-0.39, 0.29) is 47.0 Å². The van der Waals surface area contributed by atoms with Gasteiger partial charge in [-0.3, -0.25) is 4.79 Å². The third-order valence-corrected chi connectivity index (χ3v) is 3.20. The van der Waals surface area contributed by atoms with Gasteiger partial charge in [-0.25, -0.2) is 0 Å². The monoisotopic (exact) mass is 337 g/mol. The number of esters is 1. The third kappa shape index (κ3) is 4.83. The summed E-state index contributed by atoms with van der Waals surface area (Å²) in [5.74, 6) is 0.00199. The molecule has 0 saturated heterocycles. The SMILES string of the molecule is Nc1ccc(OC(=O)Cc2c(Cl)cccc2Cl)cc1.[Ca+2].[H-].[H-]. The van der Waals surface area contributed by atoms with Crippen LogP contribution in [0.3, 0.4) is 0 Å². The predicted molar refractivity (Wildman–Crippen MR) is 84.6 cm³/mol. The Kier molecular flexibility index (Phi) is 7.13. The summed E-state index contributed by atoms with van der Waals surface area (Å²) in [7, 11) is 0. The topological polar surface area (TPSA) is 52.3 Å². The maximum Gasteiger partial charge on any atom is 2.00 e. The van der Waals surface area contributed by atoms with Crippen molar-refractivity contribution >= 4 is 72.6 Å². The summed E-state index contributed by atoms with van der Waals surface area (Å²) in [6.45, 7) is 0. The normalized spacial score (nSPS) is 9.70. The van der Waals surface area contributed by atoms with Crippen LogP contribution in [0.25, 0.3) is 0 Å². The molecule has 0 saturated carbocycles. The van der Waals surface area contributed by atoms with Gasteiger partial charge in [-0.1, -0.05) is 29.3 Å². The third-order valence-electron chi connectivity index (χ3n) is 2.49. The van der Waals surface area contributed by atoms with Gasteiger partial charge in [-0.15, -0.1) is 0 Å². The molecule has 0 bridgehead atoms. The van der Waals surface area contributed by atoms with Gasteiger partial charge in [0.2, 0.25) is 0 Å². The molecule has 0 fully saturated rings.